The van der Waals surface area contributed by atoms with E-state index in [0.29, 0.717) is 11.3 Å². The first-order valence-corrected chi connectivity index (χ1v) is 8.03. The van der Waals surface area contributed by atoms with Gasteiger partial charge >= 0.3 is 6.09 Å². The lowest BCUT2D eigenvalue weighted by Crippen LogP contribution is -2.26. The Morgan fingerprint density at radius 3 is 2.41 bits per heavy atom. The monoisotopic (exact) mass is 326 g/mol. The second-order valence-corrected chi connectivity index (χ2v) is 7.27. The summed E-state index contributed by atoms with van der Waals surface area (Å²) in [6.45, 7) is 5.16. The van der Waals surface area contributed by atoms with E-state index in [1.54, 1.807) is 39.0 Å². The van der Waals surface area contributed by atoms with Crippen molar-refractivity contribution in [2.45, 2.75) is 31.3 Å². The van der Waals surface area contributed by atoms with Gasteiger partial charge in [0.2, 0.25) is 10.0 Å². The summed E-state index contributed by atoms with van der Waals surface area (Å²) in [7, 11) is -2.62. The number of carbonyl (C=O) groups excluding carboxylic acids is 1. The highest BCUT2D eigenvalue weighted by atomic mass is 32.2. The van der Waals surface area contributed by atoms with Crippen LogP contribution in [0.25, 0.3) is 10.9 Å². The molecule has 8 heteroatoms. The van der Waals surface area contributed by atoms with Crippen LogP contribution in [0.1, 0.15) is 20.8 Å². The zero-order valence-corrected chi connectivity index (χ0v) is 13.6. The van der Waals surface area contributed by atoms with E-state index in [-0.39, 0.29) is 10.3 Å². The van der Waals surface area contributed by atoms with Gasteiger partial charge in [-0.15, -0.1) is 0 Å². The summed E-state index contributed by atoms with van der Waals surface area (Å²) in [4.78, 5) is 12.1. The maximum absolute atomic E-state index is 12.3. The molecule has 0 spiro atoms. The fourth-order valence-electron chi connectivity index (χ4n) is 2.07. The highest BCUT2D eigenvalue weighted by molar-refractivity contribution is 7.89. The molecule has 0 saturated carbocycles. The molecule has 0 fully saturated rings. The molecule has 1 aromatic carbocycles. The van der Waals surface area contributed by atoms with Crippen molar-refractivity contribution in [3.8, 4) is 5.75 Å². The molecule has 0 aliphatic carbocycles. The number of rotatable bonds is 2. The average molecular weight is 326 g/mol. The molecule has 0 radical (unpaired) electrons. The van der Waals surface area contributed by atoms with Gasteiger partial charge in [0.15, 0.2) is 0 Å². The van der Waals surface area contributed by atoms with Crippen molar-refractivity contribution in [1.29, 1.82) is 0 Å². The van der Waals surface area contributed by atoms with E-state index in [9.17, 15) is 13.2 Å². The van der Waals surface area contributed by atoms with Crippen molar-refractivity contribution in [2.75, 3.05) is 7.11 Å². The second-order valence-electron chi connectivity index (χ2n) is 5.74. The Morgan fingerprint density at radius 2 is 1.91 bits per heavy atom. The van der Waals surface area contributed by atoms with Gasteiger partial charge in [-0.3, -0.25) is 4.57 Å². The van der Waals surface area contributed by atoms with Crippen LogP contribution in [0.4, 0.5) is 4.79 Å². The van der Waals surface area contributed by atoms with Gasteiger partial charge in [0.25, 0.3) is 0 Å². The van der Waals surface area contributed by atoms with Crippen LogP contribution < -0.4 is 9.88 Å². The molecule has 1 heterocycles. The molecule has 7 nitrogen and oxygen atoms in total. The van der Waals surface area contributed by atoms with Crippen molar-refractivity contribution in [2.24, 2.45) is 5.14 Å². The van der Waals surface area contributed by atoms with Crippen molar-refractivity contribution >= 4 is 27.0 Å². The van der Waals surface area contributed by atoms with Crippen LogP contribution in [0.5, 0.6) is 5.75 Å². The summed E-state index contributed by atoms with van der Waals surface area (Å²) < 4.78 is 35.2. The number of primary sulfonamides is 1. The lowest BCUT2D eigenvalue weighted by molar-refractivity contribution is 0.0544. The standard InChI is InChI=1S/C14H18N2O5S/c1-14(2,3)21-13(17)16-8-11(22(15,18)19)12-9(16)6-5-7-10(12)20-4/h5-8H,1-4H3,(H2,15,18,19). The van der Waals surface area contributed by atoms with E-state index in [1.165, 1.54) is 7.11 Å². The number of hydrogen-bond donors (Lipinski definition) is 1. The minimum Gasteiger partial charge on any atom is -0.496 e. The van der Waals surface area contributed by atoms with Crippen LogP contribution in [-0.4, -0.2) is 31.8 Å². The predicted molar refractivity (Wildman–Crippen MR) is 81.5 cm³/mol. The number of nitrogens with zero attached hydrogens (tertiary/aromatic N) is 1. The number of nitrogens with two attached hydrogens (primary N) is 1. The van der Waals surface area contributed by atoms with Crippen LogP contribution in [0.3, 0.4) is 0 Å². The molecule has 2 rings (SSSR count). The molecule has 0 bridgehead atoms. The van der Waals surface area contributed by atoms with Gasteiger partial charge in [0, 0.05) is 6.20 Å². The Kier molecular flexibility index (Phi) is 3.92. The fraction of sp³-hybridized carbons (Fsp3) is 0.357. The average Bonchev–Trinajstić information content (AvgIpc) is 2.75. The van der Waals surface area contributed by atoms with Crippen molar-refractivity contribution < 1.29 is 22.7 Å². The van der Waals surface area contributed by atoms with E-state index in [2.05, 4.69) is 0 Å². The number of aromatic nitrogens is 1. The first kappa shape index (κ1) is 16.3. The molecule has 0 saturated heterocycles. The van der Waals surface area contributed by atoms with Gasteiger partial charge in [0.05, 0.1) is 18.0 Å². The fourth-order valence-corrected chi connectivity index (χ4v) is 2.81. The zero-order chi connectivity index (χ0) is 16.7. The summed E-state index contributed by atoms with van der Waals surface area (Å²) >= 11 is 0. The quantitative estimate of drug-likeness (QED) is 0.910. The van der Waals surface area contributed by atoms with Crippen molar-refractivity contribution in [3.05, 3.63) is 24.4 Å². The summed E-state index contributed by atoms with van der Waals surface area (Å²) in [6.07, 6.45) is 0.456. The van der Waals surface area contributed by atoms with Gasteiger partial charge in [-0.1, -0.05) is 6.07 Å². The molecule has 2 N–H and O–H groups in total. The smallest absolute Gasteiger partial charge is 0.419 e. The minimum atomic E-state index is -4.03. The normalized spacial score (nSPS) is 12.4. The summed E-state index contributed by atoms with van der Waals surface area (Å²) in [6, 6.07) is 4.84. The lowest BCUT2D eigenvalue weighted by Gasteiger charge is -2.19. The minimum absolute atomic E-state index is 0.189. The molecule has 0 aliphatic heterocycles. The van der Waals surface area contributed by atoms with Crippen molar-refractivity contribution in [1.82, 2.24) is 4.57 Å². The Labute approximate surface area is 128 Å². The molecule has 2 aromatic rings. The Morgan fingerprint density at radius 1 is 1.27 bits per heavy atom. The van der Waals surface area contributed by atoms with Crippen LogP contribution >= 0.6 is 0 Å². The maximum atomic E-state index is 12.3. The summed E-state index contributed by atoms with van der Waals surface area (Å²) in [5, 5.41) is 5.49. The van der Waals surface area contributed by atoms with Crippen molar-refractivity contribution in [3.63, 3.8) is 0 Å². The Hall–Kier alpha value is -2.06. The van der Waals surface area contributed by atoms with Crippen LogP contribution in [0.2, 0.25) is 0 Å². The van der Waals surface area contributed by atoms with Gasteiger partial charge < -0.3 is 9.47 Å². The number of carbonyl (C=O) groups is 1. The molecular weight excluding hydrogens is 308 g/mol. The molecule has 120 valence electrons. The van der Waals surface area contributed by atoms with E-state index in [0.717, 1.165) is 10.8 Å². The van der Waals surface area contributed by atoms with Crippen LogP contribution in [-0.2, 0) is 14.8 Å². The molecule has 0 amide bonds. The summed E-state index contributed by atoms with van der Waals surface area (Å²) in [5.41, 5.74) is -0.369. The zero-order valence-electron chi connectivity index (χ0n) is 12.8. The molecular formula is C14H18N2O5S. The highest BCUT2D eigenvalue weighted by Gasteiger charge is 2.25. The first-order valence-electron chi connectivity index (χ1n) is 6.49. The third-order valence-electron chi connectivity index (χ3n) is 2.87. The number of hydrogen-bond acceptors (Lipinski definition) is 5. The Bertz CT molecular complexity index is 831. The second kappa shape index (κ2) is 5.29. The summed E-state index contributed by atoms with van der Waals surface area (Å²) in [5.74, 6) is 0.309. The maximum Gasteiger partial charge on any atom is 0.419 e. The first-order chi connectivity index (χ1) is 10.0. The lowest BCUT2D eigenvalue weighted by atomic mass is 10.2. The van der Waals surface area contributed by atoms with Gasteiger partial charge in [-0.2, -0.15) is 0 Å². The van der Waals surface area contributed by atoms with E-state index < -0.39 is 21.7 Å². The number of fused-ring (bicyclic) bond motifs is 1. The molecule has 1 aromatic heterocycles. The predicted octanol–water partition coefficient (Wildman–Crippen LogP) is 2.08. The molecule has 22 heavy (non-hydrogen) atoms. The van der Waals surface area contributed by atoms with Gasteiger partial charge in [-0.25, -0.2) is 18.4 Å². The highest BCUT2D eigenvalue weighted by Crippen LogP contribution is 2.33. The third-order valence-corrected chi connectivity index (χ3v) is 3.80. The van der Waals surface area contributed by atoms with Gasteiger partial charge in [0.1, 0.15) is 16.2 Å². The number of sulfonamides is 1. The molecule has 0 unspecified atom stereocenters. The van der Waals surface area contributed by atoms with Crippen LogP contribution in [0.15, 0.2) is 29.3 Å². The number of methoxy groups -OCH3 is 1. The number of benzene rings is 1. The largest absolute Gasteiger partial charge is 0.496 e. The topological polar surface area (TPSA) is 101 Å². The molecule has 0 aliphatic rings. The van der Waals surface area contributed by atoms with Crippen LogP contribution in [0, 0.1) is 0 Å². The van der Waals surface area contributed by atoms with E-state index >= 15 is 0 Å². The SMILES string of the molecule is COc1cccc2c1c(S(N)(=O)=O)cn2C(=O)OC(C)(C)C. The number of ether oxygens (including phenoxy) is 2. The van der Waals surface area contributed by atoms with E-state index in [1.807, 2.05) is 0 Å². The van der Waals surface area contributed by atoms with E-state index in [4.69, 9.17) is 14.6 Å². The Balaban J connectivity index is 2.75. The third kappa shape index (κ3) is 3.07. The molecule has 0 atom stereocenters. The van der Waals surface area contributed by atoms with Gasteiger partial charge in [-0.05, 0) is 32.9 Å².